The minimum absolute atomic E-state index is 0.360. The van der Waals surface area contributed by atoms with E-state index in [0.717, 1.165) is 6.42 Å². The molecule has 1 nitrogen and oxygen atoms in total. The number of aliphatic hydroxyl groups is 1. The molecule has 2 heteroatoms. The van der Waals surface area contributed by atoms with Crippen LogP contribution < -0.4 is 0 Å². The molecule has 0 bridgehead atoms. The standard InChI is InChI=1S/C16H34OS/c1-2-3-4-5-6-7-8-9-10-12-15-18-16-13-11-14-17/h17H,2-16H2,1H3. The Morgan fingerprint density at radius 3 is 1.56 bits per heavy atom. The highest BCUT2D eigenvalue weighted by molar-refractivity contribution is 7.99. The first-order valence-corrected chi connectivity index (χ1v) is 9.26. The third kappa shape index (κ3) is 16.3. The van der Waals surface area contributed by atoms with Gasteiger partial charge in [0.1, 0.15) is 0 Å². The maximum absolute atomic E-state index is 8.65. The Balaban J connectivity index is 2.86. The summed E-state index contributed by atoms with van der Waals surface area (Å²) >= 11 is 2.06. The van der Waals surface area contributed by atoms with Crippen LogP contribution in [0.1, 0.15) is 84.0 Å². The quantitative estimate of drug-likeness (QED) is 0.403. The van der Waals surface area contributed by atoms with E-state index in [1.165, 1.54) is 82.1 Å². The molecule has 0 fully saturated rings. The highest BCUT2D eigenvalue weighted by atomic mass is 32.2. The minimum Gasteiger partial charge on any atom is -0.396 e. The molecular formula is C16H34OS. The van der Waals surface area contributed by atoms with Gasteiger partial charge in [-0.2, -0.15) is 11.8 Å². The second-order valence-electron chi connectivity index (χ2n) is 5.23. The molecule has 0 atom stereocenters. The van der Waals surface area contributed by atoms with Crippen LogP contribution in [0.15, 0.2) is 0 Å². The molecule has 0 amide bonds. The molecule has 18 heavy (non-hydrogen) atoms. The van der Waals surface area contributed by atoms with Gasteiger partial charge in [-0.05, 0) is 30.8 Å². The molecule has 0 heterocycles. The van der Waals surface area contributed by atoms with Crippen LogP contribution in [0.5, 0.6) is 0 Å². The van der Waals surface area contributed by atoms with Crippen molar-refractivity contribution in [3.8, 4) is 0 Å². The molecule has 0 aliphatic rings. The third-order valence-corrected chi connectivity index (χ3v) is 4.49. The summed E-state index contributed by atoms with van der Waals surface area (Å²) in [5.74, 6) is 2.56. The van der Waals surface area contributed by atoms with Crippen molar-refractivity contribution in [2.75, 3.05) is 18.1 Å². The van der Waals surface area contributed by atoms with E-state index in [4.69, 9.17) is 5.11 Å². The zero-order valence-electron chi connectivity index (χ0n) is 12.5. The summed E-state index contributed by atoms with van der Waals surface area (Å²) in [7, 11) is 0. The predicted molar refractivity (Wildman–Crippen MR) is 85.5 cm³/mol. The Bertz CT molecular complexity index is 123. The molecule has 0 aliphatic carbocycles. The maximum Gasteiger partial charge on any atom is 0.0431 e. The smallest absolute Gasteiger partial charge is 0.0431 e. The zero-order valence-corrected chi connectivity index (χ0v) is 13.3. The van der Waals surface area contributed by atoms with E-state index in [-0.39, 0.29) is 0 Å². The van der Waals surface area contributed by atoms with Gasteiger partial charge in [-0.1, -0.05) is 64.7 Å². The molecule has 0 aromatic rings. The lowest BCUT2D eigenvalue weighted by Crippen LogP contribution is -1.88. The number of aliphatic hydroxyl groups excluding tert-OH is 1. The lowest BCUT2D eigenvalue weighted by molar-refractivity contribution is 0.287. The Hall–Kier alpha value is 0.310. The van der Waals surface area contributed by atoms with Gasteiger partial charge in [0.25, 0.3) is 0 Å². The molecule has 1 N–H and O–H groups in total. The highest BCUT2D eigenvalue weighted by Crippen LogP contribution is 2.13. The van der Waals surface area contributed by atoms with Crippen LogP contribution in [0.4, 0.5) is 0 Å². The van der Waals surface area contributed by atoms with Crippen LogP contribution in [-0.2, 0) is 0 Å². The van der Waals surface area contributed by atoms with Gasteiger partial charge in [0, 0.05) is 6.61 Å². The number of hydrogen-bond donors (Lipinski definition) is 1. The van der Waals surface area contributed by atoms with Gasteiger partial charge in [0.15, 0.2) is 0 Å². The second-order valence-corrected chi connectivity index (χ2v) is 6.45. The Morgan fingerprint density at radius 2 is 1.06 bits per heavy atom. The number of thioether (sulfide) groups is 1. The summed E-state index contributed by atoms with van der Waals surface area (Å²) < 4.78 is 0. The van der Waals surface area contributed by atoms with Crippen molar-refractivity contribution in [1.29, 1.82) is 0 Å². The van der Waals surface area contributed by atoms with Crippen molar-refractivity contribution < 1.29 is 5.11 Å². The van der Waals surface area contributed by atoms with E-state index in [2.05, 4.69) is 18.7 Å². The van der Waals surface area contributed by atoms with Crippen molar-refractivity contribution in [3.63, 3.8) is 0 Å². The fourth-order valence-electron chi connectivity index (χ4n) is 2.11. The minimum atomic E-state index is 0.360. The first-order chi connectivity index (χ1) is 8.91. The largest absolute Gasteiger partial charge is 0.396 e. The van der Waals surface area contributed by atoms with Crippen LogP contribution >= 0.6 is 11.8 Å². The first-order valence-electron chi connectivity index (χ1n) is 8.10. The van der Waals surface area contributed by atoms with E-state index in [1.807, 2.05) is 0 Å². The van der Waals surface area contributed by atoms with E-state index in [9.17, 15) is 0 Å². The summed E-state index contributed by atoms with van der Waals surface area (Å²) in [6.45, 7) is 2.64. The number of unbranched alkanes of at least 4 members (excludes halogenated alkanes) is 10. The monoisotopic (exact) mass is 274 g/mol. The molecule has 0 aromatic carbocycles. The second kappa shape index (κ2) is 17.3. The van der Waals surface area contributed by atoms with Crippen molar-refractivity contribution in [3.05, 3.63) is 0 Å². The van der Waals surface area contributed by atoms with Gasteiger partial charge in [-0.25, -0.2) is 0 Å². The van der Waals surface area contributed by atoms with E-state index in [1.54, 1.807) is 0 Å². The zero-order chi connectivity index (χ0) is 13.3. The van der Waals surface area contributed by atoms with Gasteiger partial charge >= 0.3 is 0 Å². The summed E-state index contributed by atoms with van der Waals surface area (Å²) in [4.78, 5) is 0. The van der Waals surface area contributed by atoms with Gasteiger partial charge in [-0.15, -0.1) is 0 Å². The third-order valence-electron chi connectivity index (χ3n) is 3.34. The highest BCUT2D eigenvalue weighted by Gasteiger charge is 1.93. The van der Waals surface area contributed by atoms with Crippen molar-refractivity contribution in [2.45, 2.75) is 84.0 Å². The average molecular weight is 275 g/mol. The summed E-state index contributed by atoms with van der Waals surface area (Å²) in [5.41, 5.74) is 0. The van der Waals surface area contributed by atoms with Crippen molar-refractivity contribution >= 4 is 11.8 Å². The van der Waals surface area contributed by atoms with Gasteiger partial charge in [0.05, 0.1) is 0 Å². The Kier molecular flexibility index (Phi) is 17.6. The first kappa shape index (κ1) is 18.3. The fraction of sp³-hybridized carbons (Fsp3) is 1.00. The van der Waals surface area contributed by atoms with E-state index < -0.39 is 0 Å². The SMILES string of the molecule is CCCCCCCCCCCCSCCCCO. The normalized spacial score (nSPS) is 11.0. The van der Waals surface area contributed by atoms with E-state index >= 15 is 0 Å². The summed E-state index contributed by atoms with van der Waals surface area (Å²) in [6, 6.07) is 0. The average Bonchev–Trinajstić information content (AvgIpc) is 2.39. The van der Waals surface area contributed by atoms with Gasteiger partial charge in [0.2, 0.25) is 0 Å². The van der Waals surface area contributed by atoms with Crippen molar-refractivity contribution in [1.82, 2.24) is 0 Å². The number of rotatable bonds is 15. The maximum atomic E-state index is 8.65. The van der Waals surface area contributed by atoms with Crippen LogP contribution in [0.2, 0.25) is 0 Å². The molecule has 0 saturated heterocycles. The van der Waals surface area contributed by atoms with Crippen molar-refractivity contribution in [2.24, 2.45) is 0 Å². The Morgan fingerprint density at radius 1 is 0.611 bits per heavy atom. The van der Waals surface area contributed by atoms with Gasteiger partial charge in [-0.3, -0.25) is 0 Å². The molecule has 0 aliphatic heterocycles. The predicted octanol–water partition coefficient (Wildman–Crippen LogP) is 5.41. The van der Waals surface area contributed by atoms with Gasteiger partial charge < -0.3 is 5.11 Å². The lowest BCUT2D eigenvalue weighted by Gasteiger charge is -2.02. The van der Waals surface area contributed by atoms with Crippen LogP contribution in [-0.4, -0.2) is 23.2 Å². The molecule has 0 rings (SSSR count). The Labute approximate surface area is 119 Å². The van der Waals surface area contributed by atoms with Crippen LogP contribution in [0.3, 0.4) is 0 Å². The molecule has 0 saturated carbocycles. The van der Waals surface area contributed by atoms with Crippen LogP contribution in [0, 0.1) is 0 Å². The molecule has 0 aromatic heterocycles. The molecular weight excluding hydrogens is 240 g/mol. The molecule has 0 unspecified atom stereocenters. The summed E-state index contributed by atoms with van der Waals surface area (Å²) in [6.07, 6.45) is 16.4. The lowest BCUT2D eigenvalue weighted by atomic mass is 10.1. The summed E-state index contributed by atoms with van der Waals surface area (Å²) in [5, 5.41) is 8.65. The fourth-order valence-corrected chi connectivity index (χ4v) is 3.13. The molecule has 110 valence electrons. The van der Waals surface area contributed by atoms with Crippen LogP contribution in [0.25, 0.3) is 0 Å². The van der Waals surface area contributed by atoms with E-state index in [0.29, 0.717) is 6.61 Å². The molecule has 0 spiro atoms. The number of hydrogen-bond acceptors (Lipinski definition) is 2. The topological polar surface area (TPSA) is 20.2 Å². The molecule has 0 radical (unpaired) electrons.